The number of halogens is 4. The molecule has 1 unspecified atom stereocenters. The van der Waals surface area contributed by atoms with Crippen LogP contribution in [0, 0.1) is 0 Å². The Bertz CT molecular complexity index is 2070. The average molecular weight is 745 g/mol. The average Bonchev–Trinajstić information content (AvgIpc) is 3.14. The van der Waals surface area contributed by atoms with Crippen molar-refractivity contribution in [3.8, 4) is 22.8 Å². The van der Waals surface area contributed by atoms with Gasteiger partial charge in [-0.15, -0.1) is 0 Å². The van der Waals surface area contributed by atoms with Gasteiger partial charge in [0.2, 0.25) is 5.88 Å². The Labute approximate surface area is 309 Å². The van der Waals surface area contributed by atoms with Gasteiger partial charge in [-0.2, -0.15) is 13.2 Å². The summed E-state index contributed by atoms with van der Waals surface area (Å²) >= 11 is 6.63. The number of hydrogen-bond acceptors (Lipinski definition) is 6. The fraction of sp³-hybridized carbons (Fsp3) is 0.244. The maximum absolute atomic E-state index is 13.0. The van der Waals surface area contributed by atoms with Gasteiger partial charge in [-0.3, -0.25) is 4.90 Å². The van der Waals surface area contributed by atoms with E-state index in [0.29, 0.717) is 54.3 Å². The molecule has 2 N–H and O–H groups in total. The number of aromatic nitrogens is 1. The lowest BCUT2D eigenvalue weighted by atomic mass is 9.89. The lowest BCUT2D eigenvalue weighted by molar-refractivity contribution is -0.137. The highest BCUT2D eigenvalue weighted by Gasteiger charge is 2.30. The normalized spacial score (nSPS) is 14.1. The summed E-state index contributed by atoms with van der Waals surface area (Å²) in [6.07, 6.45) is -2.05. The lowest BCUT2D eigenvalue weighted by Gasteiger charge is -2.36. The van der Waals surface area contributed by atoms with Gasteiger partial charge in [0.05, 0.1) is 11.1 Å². The van der Waals surface area contributed by atoms with E-state index < -0.39 is 23.9 Å². The molecule has 12 heteroatoms. The van der Waals surface area contributed by atoms with Gasteiger partial charge in [0.1, 0.15) is 12.4 Å². The van der Waals surface area contributed by atoms with Crippen LogP contribution in [0.25, 0.3) is 11.1 Å². The van der Waals surface area contributed by atoms with Gasteiger partial charge in [0, 0.05) is 41.5 Å². The minimum atomic E-state index is -4.41. The molecule has 8 nitrogen and oxygen atoms in total. The monoisotopic (exact) mass is 744 g/mol. The molecule has 1 atom stereocenters. The molecule has 0 spiro atoms. The third-order valence-electron chi connectivity index (χ3n) is 9.38. The van der Waals surface area contributed by atoms with Crippen LogP contribution >= 0.6 is 11.6 Å². The van der Waals surface area contributed by atoms with Crippen LogP contribution in [0.15, 0.2) is 103 Å². The van der Waals surface area contributed by atoms with E-state index >= 15 is 0 Å². The van der Waals surface area contributed by atoms with Gasteiger partial charge in [0.15, 0.2) is 0 Å². The number of nitrogens with zero attached hydrogens (tertiary/aromatic N) is 2. The SMILES string of the molecule is O=C(O)Oc1ccc2c(n1)CCCC2N(CCc1ccc(C(=O)O)cc1)CCc1ccccc1OCc1ccc(-c2ccc(C(F)(F)F)cc2)cc1Cl. The molecule has 6 rings (SSSR count). The van der Waals surface area contributed by atoms with Gasteiger partial charge >= 0.3 is 18.3 Å². The van der Waals surface area contributed by atoms with Crippen LogP contribution in [0.1, 0.15) is 62.8 Å². The highest BCUT2D eigenvalue weighted by atomic mass is 35.5. The van der Waals surface area contributed by atoms with Crippen LogP contribution < -0.4 is 9.47 Å². The van der Waals surface area contributed by atoms with E-state index in [1.165, 1.54) is 12.1 Å². The molecule has 1 heterocycles. The molecule has 0 fully saturated rings. The van der Waals surface area contributed by atoms with E-state index in [9.17, 15) is 27.9 Å². The summed E-state index contributed by atoms with van der Waals surface area (Å²) in [5.41, 5.74) is 5.37. The Hall–Kier alpha value is -5.39. The number of hydrogen-bond donors (Lipinski definition) is 2. The highest BCUT2D eigenvalue weighted by Crippen LogP contribution is 2.36. The van der Waals surface area contributed by atoms with Crippen molar-refractivity contribution < 1.29 is 42.4 Å². The minimum Gasteiger partial charge on any atom is -0.489 e. The smallest absolute Gasteiger partial charge is 0.489 e. The first-order chi connectivity index (χ1) is 25.4. The number of carbonyl (C=O) groups is 2. The summed E-state index contributed by atoms with van der Waals surface area (Å²) in [7, 11) is 0. The summed E-state index contributed by atoms with van der Waals surface area (Å²) in [6.45, 7) is 1.52. The maximum atomic E-state index is 13.0. The molecule has 1 aliphatic carbocycles. The molecule has 1 aromatic heterocycles. The summed E-state index contributed by atoms with van der Waals surface area (Å²) in [6, 6.07) is 28.4. The van der Waals surface area contributed by atoms with E-state index in [1.54, 1.807) is 30.3 Å². The van der Waals surface area contributed by atoms with Crippen molar-refractivity contribution in [2.45, 2.75) is 50.9 Å². The van der Waals surface area contributed by atoms with Gasteiger partial charge in [-0.25, -0.2) is 14.6 Å². The van der Waals surface area contributed by atoms with Crippen LogP contribution in [0.3, 0.4) is 0 Å². The van der Waals surface area contributed by atoms with E-state index in [4.69, 9.17) is 26.2 Å². The Kier molecular flexibility index (Phi) is 11.6. The third-order valence-corrected chi connectivity index (χ3v) is 9.73. The van der Waals surface area contributed by atoms with E-state index in [2.05, 4.69) is 9.88 Å². The van der Waals surface area contributed by atoms with E-state index in [-0.39, 0.29) is 24.1 Å². The zero-order valence-electron chi connectivity index (χ0n) is 28.5. The Morgan fingerprint density at radius 2 is 1.57 bits per heavy atom. The summed E-state index contributed by atoms with van der Waals surface area (Å²) < 4.78 is 50.2. The fourth-order valence-corrected chi connectivity index (χ4v) is 6.85. The van der Waals surface area contributed by atoms with Gasteiger partial charge in [-0.05, 0) is 96.3 Å². The van der Waals surface area contributed by atoms with Crippen LogP contribution in [-0.4, -0.2) is 45.3 Å². The van der Waals surface area contributed by atoms with Crippen LogP contribution in [-0.2, 0) is 32.0 Å². The fourth-order valence-electron chi connectivity index (χ4n) is 6.62. The summed E-state index contributed by atoms with van der Waals surface area (Å²) in [4.78, 5) is 29.4. The molecule has 0 saturated heterocycles. The van der Waals surface area contributed by atoms with Crippen LogP contribution in [0.4, 0.5) is 18.0 Å². The molecular formula is C41H36ClF3N2O6. The Morgan fingerprint density at radius 3 is 2.26 bits per heavy atom. The number of rotatable bonds is 13. The molecule has 4 aromatic carbocycles. The van der Waals surface area contributed by atoms with Gasteiger partial charge in [0.25, 0.3) is 0 Å². The molecule has 0 bridgehead atoms. The first kappa shape index (κ1) is 37.4. The van der Waals surface area contributed by atoms with Crippen molar-refractivity contribution in [1.82, 2.24) is 9.88 Å². The third kappa shape index (κ3) is 9.54. The quantitative estimate of drug-likeness (QED) is 0.115. The van der Waals surface area contributed by atoms with Crippen LogP contribution in [0.5, 0.6) is 11.6 Å². The number of para-hydroxylation sites is 1. The topological polar surface area (TPSA) is 109 Å². The largest absolute Gasteiger partial charge is 0.512 e. The molecule has 53 heavy (non-hydrogen) atoms. The summed E-state index contributed by atoms with van der Waals surface area (Å²) in [5.74, 6) is -0.239. The van der Waals surface area contributed by atoms with Gasteiger partial charge < -0.3 is 19.7 Å². The molecular weight excluding hydrogens is 709 g/mol. The number of aromatic carboxylic acids is 1. The van der Waals surface area contributed by atoms with Crippen molar-refractivity contribution in [2.24, 2.45) is 0 Å². The van der Waals surface area contributed by atoms with Crippen molar-refractivity contribution >= 4 is 23.7 Å². The highest BCUT2D eigenvalue weighted by molar-refractivity contribution is 6.31. The summed E-state index contributed by atoms with van der Waals surface area (Å²) in [5, 5.41) is 18.8. The second-order valence-corrected chi connectivity index (χ2v) is 13.2. The van der Waals surface area contributed by atoms with Crippen molar-refractivity contribution in [3.05, 3.63) is 147 Å². The molecule has 1 aliphatic rings. The number of alkyl halides is 3. The Balaban J connectivity index is 1.17. The number of aryl methyl sites for hydroxylation is 1. The van der Waals surface area contributed by atoms with E-state index in [0.717, 1.165) is 52.9 Å². The zero-order valence-corrected chi connectivity index (χ0v) is 29.2. The first-order valence-electron chi connectivity index (χ1n) is 17.1. The predicted molar refractivity (Wildman–Crippen MR) is 194 cm³/mol. The second-order valence-electron chi connectivity index (χ2n) is 12.8. The lowest BCUT2D eigenvalue weighted by Crippen LogP contribution is -2.35. The maximum Gasteiger partial charge on any atom is 0.512 e. The van der Waals surface area contributed by atoms with E-state index in [1.807, 2.05) is 48.5 Å². The molecule has 0 saturated carbocycles. The van der Waals surface area contributed by atoms with Crippen LogP contribution in [0.2, 0.25) is 5.02 Å². The molecule has 0 radical (unpaired) electrons. The Morgan fingerprint density at radius 1 is 0.849 bits per heavy atom. The van der Waals surface area contributed by atoms with Crippen molar-refractivity contribution in [1.29, 1.82) is 0 Å². The number of pyridine rings is 1. The molecule has 0 aliphatic heterocycles. The standard InChI is InChI=1S/C41H36ClF3N2O6/c42-34-24-30(27-14-16-32(17-15-27)41(43,44)45)12-13-31(34)25-52-37-7-2-1-4-28(37)21-23-47(22-20-26-8-10-29(11-9-26)39(48)49)36-6-3-5-35-33(36)18-19-38(46-35)53-40(50)51/h1-2,4,7-19,24,36H,3,5-6,20-23,25H2,(H,48,49)(H,50,51). The second kappa shape index (κ2) is 16.5. The first-order valence-corrected chi connectivity index (χ1v) is 17.5. The predicted octanol–water partition coefficient (Wildman–Crippen LogP) is 9.92. The van der Waals surface area contributed by atoms with Gasteiger partial charge in [-0.1, -0.05) is 72.3 Å². The molecule has 274 valence electrons. The van der Waals surface area contributed by atoms with Crippen molar-refractivity contribution in [2.75, 3.05) is 13.1 Å². The van der Waals surface area contributed by atoms with Crippen molar-refractivity contribution in [3.63, 3.8) is 0 Å². The molecule has 5 aromatic rings. The number of benzene rings is 4. The molecule has 0 amide bonds. The number of fused-ring (bicyclic) bond motifs is 1. The zero-order chi connectivity index (χ0) is 37.5. The minimum absolute atomic E-state index is 0.0125. The number of ether oxygens (including phenoxy) is 2. The number of carboxylic acids is 1. The number of carboxylic acid groups (broad SMARTS) is 2.